The minimum Gasteiger partial charge on any atom is -0.491 e. The molecule has 0 unspecified atom stereocenters. The van der Waals surface area contributed by atoms with Crippen molar-refractivity contribution in [2.24, 2.45) is 0 Å². The Morgan fingerprint density at radius 3 is 2.17 bits per heavy atom. The lowest BCUT2D eigenvalue weighted by atomic mass is 10.3. The first-order valence-corrected chi connectivity index (χ1v) is 5.25. The van der Waals surface area contributed by atoms with Crippen LogP contribution in [0, 0.1) is 0 Å². The van der Waals surface area contributed by atoms with Crippen LogP contribution in [0.5, 0.6) is 5.75 Å². The molecule has 0 radical (unpaired) electrons. The maximum Gasteiger partial charge on any atom is 0.119 e. The summed E-state index contributed by atoms with van der Waals surface area (Å²) in [4.78, 5) is 1.27. The van der Waals surface area contributed by atoms with Gasteiger partial charge in [0.05, 0.1) is 6.10 Å². The van der Waals surface area contributed by atoms with Gasteiger partial charge in [0, 0.05) is 4.90 Å². The Morgan fingerprint density at radius 1 is 1.17 bits per heavy atom. The van der Waals surface area contributed by atoms with Crippen molar-refractivity contribution >= 4 is 11.8 Å². The van der Waals surface area contributed by atoms with Gasteiger partial charge in [-0.25, -0.2) is 0 Å². The quantitative estimate of drug-likeness (QED) is 0.664. The molecule has 2 heteroatoms. The van der Waals surface area contributed by atoms with Crippen LogP contribution in [0.2, 0.25) is 0 Å². The second kappa shape index (κ2) is 4.41. The molecule has 0 spiro atoms. The van der Waals surface area contributed by atoms with Crippen LogP contribution in [-0.2, 0) is 0 Å². The summed E-state index contributed by atoms with van der Waals surface area (Å²) in [7, 11) is 0. The lowest BCUT2D eigenvalue weighted by molar-refractivity contribution is 0.242. The normalized spacial score (nSPS) is 10.3. The van der Waals surface area contributed by atoms with Crippen molar-refractivity contribution in [3.8, 4) is 5.75 Å². The van der Waals surface area contributed by atoms with Crippen LogP contribution in [-0.4, -0.2) is 12.4 Å². The van der Waals surface area contributed by atoms with Crippen molar-refractivity contribution in [3.05, 3.63) is 24.3 Å². The average Bonchev–Trinajstić information content (AvgIpc) is 2.05. The van der Waals surface area contributed by atoms with Crippen LogP contribution >= 0.6 is 11.8 Å². The first-order valence-electron chi connectivity index (χ1n) is 4.03. The highest BCUT2D eigenvalue weighted by Crippen LogP contribution is 2.19. The molecular weight excluding hydrogens is 168 g/mol. The van der Waals surface area contributed by atoms with E-state index >= 15 is 0 Å². The molecule has 0 saturated heterocycles. The zero-order valence-electron chi connectivity index (χ0n) is 7.70. The number of thioether (sulfide) groups is 1. The molecule has 0 heterocycles. The summed E-state index contributed by atoms with van der Waals surface area (Å²) in [6.07, 6.45) is 2.32. The monoisotopic (exact) mass is 182 g/mol. The van der Waals surface area contributed by atoms with E-state index in [9.17, 15) is 0 Å². The summed E-state index contributed by atoms with van der Waals surface area (Å²) in [5.41, 5.74) is 0. The standard InChI is InChI=1S/C10H14OS/c1-8(2)11-9-4-6-10(12-3)7-5-9/h4-8H,1-3H3. The van der Waals surface area contributed by atoms with E-state index in [0.29, 0.717) is 0 Å². The van der Waals surface area contributed by atoms with E-state index in [1.807, 2.05) is 26.0 Å². The van der Waals surface area contributed by atoms with E-state index in [-0.39, 0.29) is 6.10 Å². The van der Waals surface area contributed by atoms with E-state index in [2.05, 4.69) is 18.4 Å². The Bertz CT molecular complexity index is 228. The largest absolute Gasteiger partial charge is 0.491 e. The minimum atomic E-state index is 0.255. The number of hydrogen-bond donors (Lipinski definition) is 0. The van der Waals surface area contributed by atoms with Gasteiger partial charge in [0.15, 0.2) is 0 Å². The molecule has 1 aromatic rings. The Kier molecular flexibility index (Phi) is 3.48. The van der Waals surface area contributed by atoms with Crippen LogP contribution in [0.4, 0.5) is 0 Å². The third-order valence-electron chi connectivity index (χ3n) is 1.43. The molecule has 1 aromatic carbocycles. The fourth-order valence-corrected chi connectivity index (χ4v) is 1.33. The molecule has 0 aliphatic heterocycles. The Balaban J connectivity index is 2.65. The van der Waals surface area contributed by atoms with Gasteiger partial charge in [0.2, 0.25) is 0 Å². The highest BCUT2D eigenvalue weighted by molar-refractivity contribution is 7.98. The number of benzene rings is 1. The van der Waals surface area contributed by atoms with Crippen molar-refractivity contribution in [3.63, 3.8) is 0 Å². The molecule has 66 valence electrons. The van der Waals surface area contributed by atoms with Crippen molar-refractivity contribution in [2.45, 2.75) is 24.8 Å². The molecule has 12 heavy (non-hydrogen) atoms. The predicted molar refractivity (Wildman–Crippen MR) is 54.0 cm³/mol. The summed E-state index contributed by atoms with van der Waals surface area (Å²) in [6, 6.07) is 8.16. The summed E-state index contributed by atoms with van der Waals surface area (Å²) >= 11 is 1.74. The van der Waals surface area contributed by atoms with E-state index < -0.39 is 0 Å². The summed E-state index contributed by atoms with van der Waals surface area (Å²) in [6.45, 7) is 4.06. The fourth-order valence-electron chi connectivity index (χ4n) is 0.926. The maximum absolute atomic E-state index is 5.50. The van der Waals surface area contributed by atoms with Gasteiger partial charge in [0.1, 0.15) is 5.75 Å². The lowest BCUT2D eigenvalue weighted by Gasteiger charge is -2.09. The third-order valence-corrected chi connectivity index (χ3v) is 2.17. The molecule has 1 rings (SSSR count). The zero-order chi connectivity index (χ0) is 8.97. The second-order valence-electron chi connectivity index (χ2n) is 2.84. The summed E-state index contributed by atoms with van der Waals surface area (Å²) in [5.74, 6) is 0.947. The smallest absolute Gasteiger partial charge is 0.119 e. The first kappa shape index (κ1) is 9.46. The molecule has 0 bridgehead atoms. The Hall–Kier alpha value is -0.630. The molecule has 0 saturated carbocycles. The highest BCUT2D eigenvalue weighted by atomic mass is 32.2. The van der Waals surface area contributed by atoms with Gasteiger partial charge in [-0.15, -0.1) is 11.8 Å². The SMILES string of the molecule is CSc1ccc(OC(C)C)cc1. The Labute approximate surface area is 78.1 Å². The molecule has 0 N–H and O–H groups in total. The fraction of sp³-hybridized carbons (Fsp3) is 0.400. The van der Waals surface area contributed by atoms with Gasteiger partial charge in [-0.3, -0.25) is 0 Å². The van der Waals surface area contributed by atoms with Gasteiger partial charge >= 0.3 is 0 Å². The van der Waals surface area contributed by atoms with E-state index in [0.717, 1.165) is 5.75 Å². The zero-order valence-corrected chi connectivity index (χ0v) is 8.52. The topological polar surface area (TPSA) is 9.23 Å². The van der Waals surface area contributed by atoms with Crippen LogP contribution in [0.1, 0.15) is 13.8 Å². The van der Waals surface area contributed by atoms with Crippen LogP contribution < -0.4 is 4.74 Å². The Morgan fingerprint density at radius 2 is 1.75 bits per heavy atom. The van der Waals surface area contributed by atoms with E-state index in [4.69, 9.17) is 4.74 Å². The maximum atomic E-state index is 5.50. The van der Waals surface area contributed by atoms with Crippen molar-refractivity contribution < 1.29 is 4.74 Å². The molecule has 0 fully saturated rings. The van der Waals surface area contributed by atoms with Crippen molar-refractivity contribution in [1.29, 1.82) is 0 Å². The summed E-state index contributed by atoms with van der Waals surface area (Å²) in [5, 5.41) is 0. The molecule has 0 aliphatic carbocycles. The highest BCUT2D eigenvalue weighted by Gasteiger charge is 1.96. The number of rotatable bonds is 3. The van der Waals surface area contributed by atoms with E-state index in [1.54, 1.807) is 11.8 Å². The van der Waals surface area contributed by atoms with Gasteiger partial charge in [-0.2, -0.15) is 0 Å². The molecule has 0 amide bonds. The first-order chi connectivity index (χ1) is 5.72. The summed E-state index contributed by atoms with van der Waals surface area (Å²) < 4.78 is 5.50. The lowest BCUT2D eigenvalue weighted by Crippen LogP contribution is -2.04. The number of ether oxygens (including phenoxy) is 1. The van der Waals surface area contributed by atoms with Gasteiger partial charge < -0.3 is 4.74 Å². The molecule has 0 aliphatic rings. The van der Waals surface area contributed by atoms with Gasteiger partial charge in [0.25, 0.3) is 0 Å². The van der Waals surface area contributed by atoms with Crippen molar-refractivity contribution in [2.75, 3.05) is 6.26 Å². The van der Waals surface area contributed by atoms with Crippen LogP contribution in [0.25, 0.3) is 0 Å². The van der Waals surface area contributed by atoms with E-state index in [1.165, 1.54) is 4.90 Å². The molecular formula is C10H14OS. The minimum absolute atomic E-state index is 0.255. The van der Waals surface area contributed by atoms with Gasteiger partial charge in [-0.05, 0) is 44.4 Å². The molecule has 0 atom stereocenters. The third kappa shape index (κ3) is 2.78. The van der Waals surface area contributed by atoms with Crippen LogP contribution in [0.3, 0.4) is 0 Å². The molecule has 0 aromatic heterocycles. The number of hydrogen-bond acceptors (Lipinski definition) is 2. The second-order valence-corrected chi connectivity index (χ2v) is 3.72. The average molecular weight is 182 g/mol. The van der Waals surface area contributed by atoms with Crippen molar-refractivity contribution in [1.82, 2.24) is 0 Å². The van der Waals surface area contributed by atoms with Crippen LogP contribution in [0.15, 0.2) is 29.2 Å². The predicted octanol–water partition coefficient (Wildman–Crippen LogP) is 3.20. The van der Waals surface area contributed by atoms with Gasteiger partial charge in [-0.1, -0.05) is 0 Å². The molecule has 1 nitrogen and oxygen atoms in total.